The molecule has 0 unspecified atom stereocenters. The van der Waals surface area contributed by atoms with Crippen LogP contribution in [0.15, 0.2) is 54.7 Å². The summed E-state index contributed by atoms with van der Waals surface area (Å²) in [6.07, 6.45) is 1.75. The molecule has 2 aromatic heterocycles. The Morgan fingerprint density at radius 3 is 2.45 bits per heavy atom. The van der Waals surface area contributed by atoms with Gasteiger partial charge in [0.1, 0.15) is 35.6 Å². The molecule has 1 aliphatic heterocycles. The molecule has 1 fully saturated rings. The highest BCUT2D eigenvalue weighted by Gasteiger charge is 2.27. The zero-order chi connectivity index (χ0) is 23.3. The van der Waals surface area contributed by atoms with Gasteiger partial charge in [-0.2, -0.15) is 4.31 Å². The van der Waals surface area contributed by atoms with E-state index in [2.05, 4.69) is 25.2 Å². The summed E-state index contributed by atoms with van der Waals surface area (Å²) in [7, 11) is -3.39. The van der Waals surface area contributed by atoms with Crippen molar-refractivity contribution in [3.8, 4) is 5.75 Å². The summed E-state index contributed by atoms with van der Waals surface area (Å²) in [5.74, 6) is 3.39. The molecule has 0 saturated carbocycles. The van der Waals surface area contributed by atoms with Gasteiger partial charge in [0, 0.05) is 38.4 Å². The Hall–Kier alpha value is -3.24. The number of anilines is 3. The van der Waals surface area contributed by atoms with Crippen molar-refractivity contribution in [1.29, 1.82) is 0 Å². The molecule has 174 valence electrons. The normalized spacial score (nSPS) is 14.8. The van der Waals surface area contributed by atoms with E-state index in [0.29, 0.717) is 49.4 Å². The predicted molar refractivity (Wildman–Crippen MR) is 129 cm³/mol. The van der Waals surface area contributed by atoms with Crippen LogP contribution in [0.4, 0.5) is 17.5 Å². The summed E-state index contributed by atoms with van der Waals surface area (Å²) >= 11 is 0. The largest absolute Gasteiger partial charge is 0.492 e. The molecule has 3 heterocycles. The number of hydrogen-bond donors (Lipinski definition) is 1. The van der Waals surface area contributed by atoms with Gasteiger partial charge >= 0.3 is 0 Å². The number of ether oxygens (including phenoxy) is 1. The summed E-state index contributed by atoms with van der Waals surface area (Å²) in [5.41, 5.74) is 1.10. The van der Waals surface area contributed by atoms with Crippen molar-refractivity contribution in [1.82, 2.24) is 19.3 Å². The van der Waals surface area contributed by atoms with Crippen LogP contribution in [0.1, 0.15) is 11.4 Å². The van der Waals surface area contributed by atoms with Crippen molar-refractivity contribution in [2.45, 2.75) is 13.8 Å². The lowest BCUT2D eigenvalue weighted by molar-refractivity contribution is 0.331. The van der Waals surface area contributed by atoms with Gasteiger partial charge in [0.05, 0.1) is 5.75 Å². The van der Waals surface area contributed by atoms with E-state index in [1.54, 1.807) is 6.20 Å². The van der Waals surface area contributed by atoms with Crippen molar-refractivity contribution in [3.63, 3.8) is 0 Å². The maximum Gasteiger partial charge on any atom is 0.217 e. The molecule has 1 saturated heterocycles. The third-order valence-corrected chi connectivity index (χ3v) is 7.14. The Labute approximate surface area is 194 Å². The summed E-state index contributed by atoms with van der Waals surface area (Å²) in [4.78, 5) is 15.4. The number of aryl methyl sites for hydroxylation is 2. The molecule has 0 bridgehead atoms. The van der Waals surface area contributed by atoms with Crippen molar-refractivity contribution < 1.29 is 13.2 Å². The number of para-hydroxylation sites is 1. The molecular weight excluding hydrogens is 440 g/mol. The molecule has 0 radical (unpaired) electrons. The first-order valence-electron chi connectivity index (χ1n) is 10.8. The minimum absolute atomic E-state index is 0.0495. The number of rotatable bonds is 8. The van der Waals surface area contributed by atoms with Crippen LogP contribution in [0.5, 0.6) is 5.75 Å². The van der Waals surface area contributed by atoms with Crippen molar-refractivity contribution in [2.75, 3.05) is 48.8 Å². The lowest BCUT2D eigenvalue weighted by atomic mass is 10.3. The van der Waals surface area contributed by atoms with Crippen LogP contribution in [0, 0.1) is 13.8 Å². The SMILES string of the molecule is Cc1ccnc(Nc2cc(N3CCN(S(=O)(=O)CCOc4ccccc4)CC3)nc(C)n2)c1. The summed E-state index contributed by atoms with van der Waals surface area (Å²) < 4.78 is 32.6. The maximum atomic E-state index is 12.7. The Kier molecular flexibility index (Phi) is 7.05. The molecule has 0 spiro atoms. The topological polar surface area (TPSA) is 101 Å². The van der Waals surface area contributed by atoms with Crippen LogP contribution < -0.4 is 15.0 Å². The number of aromatic nitrogens is 3. The van der Waals surface area contributed by atoms with E-state index < -0.39 is 10.0 Å². The second kappa shape index (κ2) is 10.1. The Bertz CT molecular complexity index is 1180. The highest BCUT2D eigenvalue weighted by Crippen LogP contribution is 2.21. The first-order valence-corrected chi connectivity index (χ1v) is 12.5. The van der Waals surface area contributed by atoms with E-state index in [9.17, 15) is 8.42 Å². The smallest absolute Gasteiger partial charge is 0.217 e. The van der Waals surface area contributed by atoms with E-state index in [1.165, 1.54) is 4.31 Å². The highest BCUT2D eigenvalue weighted by atomic mass is 32.2. The van der Waals surface area contributed by atoms with Crippen LogP contribution in [-0.4, -0.2) is 66.2 Å². The molecule has 3 aromatic rings. The van der Waals surface area contributed by atoms with Gasteiger partial charge in [-0.15, -0.1) is 0 Å². The second-order valence-corrected chi connectivity index (χ2v) is 9.95. The molecule has 1 aliphatic rings. The number of nitrogens with zero attached hydrogens (tertiary/aromatic N) is 5. The molecule has 0 aliphatic carbocycles. The zero-order valence-electron chi connectivity index (χ0n) is 18.8. The van der Waals surface area contributed by atoms with Gasteiger partial charge in [-0.3, -0.25) is 0 Å². The molecule has 0 amide bonds. The molecule has 0 atom stereocenters. The summed E-state index contributed by atoms with van der Waals surface area (Å²) in [6.45, 7) is 5.88. The Morgan fingerprint density at radius 1 is 0.970 bits per heavy atom. The van der Waals surface area contributed by atoms with Gasteiger partial charge in [-0.1, -0.05) is 18.2 Å². The first kappa shape index (κ1) is 22.9. The van der Waals surface area contributed by atoms with E-state index >= 15 is 0 Å². The first-order chi connectivity index (χ1) is 15.9. The van der Waals surface area contributed by atoms with Gasteiger partial charge in [-0.25, -0.2) is 23.4 Å². The predicted octanol–water partition coefficient (Wildman–Crippen LogP) is 2.76. The van der Waals surface area contributed by atoms with E-state index in [-0.39, 0.29) is 12.4 Å². The molecular formula is C23H28N6O3S. The van der Waals surface area contributed by atoms with E-state index in [1.807, 2.05) is 62.4 Å². The number of benzene rings is 1. The molecule has 4 rings (SSSR count). The van der Waals surface area contributed by atoms with E-state index in [0.717, 1.165) is 11.4 Å². The van der Waals surface area contributed by atoms with Gasteiger partial charge < -0.3 is 15.0 Å². The standard InChI is InChI=1S/C23H28N6O3S/c1-18-8-9-24-21(16-18)27-22-17-23(26-19(2)25-22)28-10-12-29(13-11-28)33(30,31)15-14-32-20-6-4-3-5-7-20/h3-9,16-17H,10-15H2,1-2H3,(H,24,25,26,27). The summed E-state index contributed by atoms with van der Waals surface area (Å²) in [5, 5.41) is 3.23. The number of nitrogens with one attached hydrogen (secondary N) is 1. The van der Waals surface area contributed by atoms with Crippen molar-refractivity contribution >= 4 is 27.5 Å². The molecule has 9 nitrogen and oxygen atoms in total. The zero-order valence-corrected chi connectivity index (χ0v) is 19.6. The maximum absolute atomic E-state index is 12.7. The van der Waals surface area contributed by atoms with Gasteiger partial charge in [0.2, 0.25) is 10.0 Å². The molecule has 10 heteroatoms. The highest BCUT2D eigenvalue weighted by molar-refractivity contribution is 7.89. The Morgan fingerprint density at radius 2 is 1.73 bits per heavy atom. The summed E-state index contributed by atoms with van der Waals surface area (Å²) in [6, 6.07) is 15.0. The second-order valence-electron chi connectivity index (χ2n) is 7.87. The Balaban J connectivity index is 1.34. The molecule has 1 aromatic carbocycles. The number of hydrogen-bond acceptors (Lipinski definition) is 8. The third-order valence-electron chi connectivity index (χ3n) is 5.31. The number of sulfonamides is 1. The quantitative estimate of drug-likeness (QED) is 0.539. The third kappa shape index (κ3) is 6.17. The minimum Gasteiger partial charge on any atom is -0.492 e. The molecule has 33 heavy (non-hydrogen) atoms. The minimum atomic E-state index is -3.39. The fourth-order valence-corrected chi connectivity index (χ4v) is 4.89. The lowest BCUT2D eigenvalue weighted by Crippen LogP contribution is -2.50. The van der Waals surface area contributed by atoms with Crippen LogP contribution in [0.25, 0.3) is 0 Å². The van der Waals surface area contributed by atoms with Crippen molar-refractivity contribution in [2.24, 2.45) is 0 Å². The van der Waals surface area contributed by atoms with Crippen LogP contribution in [0.2, 0.25) is 0 Å². The fourth-order valence-electron chi connectivity index (χ4n) is 3.62. The van der Waals surface area contributed by atoms with Crippen LogP contribution in [0.3, 0.4) is 0 Å². The van der Waals surface area contributed by atoms with Crippen LogP contribution in [-0.2, 0) is 10.0 Å². The van der Waals surface area contributed by atoms with Gasteiger partial charge in [0.25, 0.3) is 0 Å². The van der Waals surface area contributed by atoms with Crippen molar-refractivity contribution in [3.05, 3.63) is 66.1 Å². The van der Waals surface area contributed by atoms with Gasteiger partial charge in [-0.05, 0) is 43.7 Å². The van der Waals surface area contributed by atoms with Crippen LogP contribution >= 0.6 is 0 Å². The average molecular weight is 469 g/mol. The lowest BCUT2D eigenvalue weighted by Gasteiger charge is -2.34. The monoisotopic (exact) mass is 468 g/mol. The van der Waals surface area contributed by atoms with Gasteiger partial charge in [0.15, 0.2) is 0 Å². The average Bonchev–Trinajstić information content (AvgIpc) is 2.79. The number of piperazine rings is 1. The fraction of sp³-hybridized carbons (Fsp3) is 0.348. The number of pyridine rings is 1. The molecule has 1 N–H and O–H groups in total. The van der Waals surface area contributed by atoms with E-state index in [4.69, 9.17) is 4.74 Å².